The molecule has 1 aliphatic heterocycles. The van der Waals surface area contributed by atoms with E-state index in [2.05, 4.69) is 5.32 Å². The van der Waals surface area contributed by atoms with Crippen LogP contribution in [-0.4, -0.2) is 29.8 Å². The van der Waals surface area contributed by atoms with Crippen LogP contribution in [-0.2, 0) is 14.3 Å². The van der Waals surface area contributed by atoms with Crippen molar-refractivity contribution in [2.75, 3.05) is 12.4 Å². The Labute approximate surface area is 130 Å². The number of esters is 1. The van der Waals surface area contributed by atoms with Crippen LogP contribution in [0.4, 0.5) is 5.69 Å². The van der Waals surface area contributed by atoms with Crippen molar-refractivity contribution in [1.29, 1.82) is 0 Å². The molecule has 1 fully saturated rings. The highest BCUT2D eigenvalue weighted by molar-refractivity contribution is 6.30. The smallest absolute Gasteiger partial charge is 0.334 e. The first-order chi connectivity index (χ1) is 9.62. The molecule has 5 heteroatoms. The lowest BCUT2D eigenvalue weighted by Crippen LogP contribution is -2.59. The van der Waals surface area contributed by atoms with E-state index in [1.54, 1.807) is 12.1 Å². The zero-order valence-electron chi connectivity index (χ0n) is 13.1. The summed E-state index contributed by atoms with van der Waals surface area (Å²) in [6, 6.07) is 7.24. The van der Waals surface area contributed by atoms with E-state index in [4.69, 9.17) is 21.1 Å². The largest absolute Gasteiger partial charge is 0.467 e. The lowest BCUT2D eigenvalue weighted by molar-refractivity contribution is -0.152. The molecule has 4 nitrogen and oxygen atoms in total. The summed E-state index contributed by atoms with van der Waals surface area (Å²) in [7, 11) is 1.40. The summed E-state index contributed by atoms with van der Waals surface area (Å²) < 4.78 is 11.1. The second-order valence-electron chi connectivity index (χ2n) is 6.58. The Morgan fingerprint density at radius 2 is 1.81 bits per heavy atom. The number of methoxy groups -OCH3 is 1. The van der Waals surface area contributed by atoms with Gasteiger partial charge >= 0.3 is 5.97 Å². The van der Waals surface area contributed by atoms with Crippen molar-refractivity contribution >= 4 is 23.3 Å². The Morgan fingerprint density at radius 1 is 1.24 bits per heavy atom. The molecule has 0 aromatic heterocycles. The Kier molecular flexibility index (Phi) is 3.98. The van der Waals surface area contributed by atoms with Gasteiger partial charge in [0.2, 0.25) is 0 Å². The lowest BCUT2D eigenvalue weighted by Gasteiger charge is -2.38. The molecule has 116 valence electrons. The number of hydrogen-bond donors (Lipinski definition) is 1. The first-order valence-corrected chi connectivity index (χ1v) is 7.32. The highest BCUT2D eigenvalue weighted by atomic mass is 35.5. The molecule has 1 N–H and O–H groups in total. The molecule has 1 heterocycles. The van der Waals surface area contributed by atoms with Crippen molar-refractivity contribution in [2.45, 2.75) is 50.9 Å². The number of carbonyl (C=O) groups excluding carboxylic acids is 1. The van der Waals surface area contributed by atoms with Crippen LogP contribution in [0.25, 0.3) is 0 Å². The minimum absolute atomic E-state index is 0.326. The summed E-state index contributed by atoms with van der Waals surface area (Å²) in [5.41, 5.74) is -1.27. The van der Waals surface area contributed by atoms with E-state index in [0.717, 1.165) is 5.69 Å². The number of ether oxygens (including phenoxy) is 2. The van der Waals surface area contributed by atoms with E-state index >= 15 is 0 Å². The van der Waals surface area contributed by atoms with Gasteiger partial charge in [0.1, 0.15) is 0 Å². The minimum Gasteiger partial charge on any atom is -0.467 e. The van der Waals surface area contributed by atoms with Crippen molar-refractivity contribution in [2.24, 2.45) is 0 Å². The number of benzene rings is 1. The van der Waals surface area contributed by atoms with Gasteiger partial charge in [-0.25, -0.2) is 4.79 Å². The molecule has 0 radical (unpaired) electrons. The van der Waals surface area contributed by atoms with Crippen molar-refractivity contribution in [3.8, 4) is 0 Å². The van der Waals surface area contributed by atoms with Crippen LogP contribution in [0.2, 0.25) is 5.02 Å². The maximum atomic E-state index is 12.5. The van der Waals surface area contributed by atoms with Gasteiger partial charge in [-0.1, -0.05) is 11.6 Å². The molecule has 1 aromatic carbocycles. The molecular weight excluding hydrogens is 290 g/mol. The summed E-state index contributed by atoms with van der Waals surface area (Å²) in [6.45, 7) is 7.76. The Hall–Kier alpha value is -1.26. The SMILES string of the molecule is COC(=O)C1(Nc2ccc(Cl)cc2)CC(C)(C)OC1(C)C. The Balaban J connectivity index is 2.43. The maximum absolute atomic E-state index is 12.5. The normalized spacial score (nSPS) is 26.4. The number of hydrogen-bond acceptors (Lipinski definition) is 4. The predicted molar refractivity (Wildman–Crippen MR) is 83.7 cm³/mol. The summed E-state index contributed by atoms with van der Waals surface area (Å²) in [5, 5.41) is 3.97. The van der Waals surface area contributed by atoms with Gasteiger partial charge in [0, 0.05) is 17.1 Å². The molecule has 21 heavy (non-hydrogen) atoms. The second-order valence-corrected chi connectivity index (χ2v) is 7.01. The summed E-state index contributed by atoms with van der Waals surface area (Å²) >= 11 is 5.91. The van der Waals surface area contributed by atoms with Crippen LogP contribution in [0.5, 0.6) is 0 Å². The van der Waals surface area contributed by atoms with Crippen LogP contribution in [0.15, 0.2) is 24.3 Å². The molecule has 0 aliphatic carbocycles. The van der Waals surface area contributed by atoms with Crippen molar-refractivity contribution < 1.29 is 14.3 Å². The first-order valence-electron chi connectivity index (χ1n) is 6.94. The fourth-order valence-electron chi connectivity index (χ4n) is 3.18. The molecule has 1 unspecified atom stereocenters. The third-order valence-electron chi connectivity index (χ3n) is 3.99. The highest BCUT2D eigenvalue weighted by Crippen LogP contribution is 2.47. The third-order valence-corrected chi connectivity index (χ3v) is 4.24. The zero-order valence-corrected chi connectivity index (χ0v) is 13.9. The topological polar surface area (TPSA) is 47.6 Å². The standard InChI is InChI=1S/C16H22ClNO3/c1-14(2)10-16(13(19)20-5,15(3,4)21-14)18-12-8-6-11(17)7-9-12/h6-9,18H,10H2,1-5H3. The second kappa shape index (κ2) is 5.18. The van der Waals surface area contributed by atoms with Crippen LogP contribution in [0.3, 0.4) is 0 Å². The van der Waals surface area contributed by atoms with Gasteiger partial charge in [0.25, 0.3) is 0 Å². The molecule has 1 atom stereocenters. The van der Waals surface area contributed by atoms with Crippen molar-refractivity contribution in [3.05, 3.63) is 29.3 Å². The molecule has 1 saturated heterocycles. The molecule has 0 spiro atoms. The Bertz CT molecular complexity index is 539. The highest BCUT2D eigenvalue weighted by Gasteiger charge is 2.62. The maximum Gasteiger partial charge on any atom is 0.334 e. The number of carbonyl (C=O) groups is 1. The van der Waals surface area contributed by atoms with Gasteiger partial charge in [-0.05, 0) is 52.0 Å². The lowest BCUT2D eigenvalue weighted by atomic mass is 9.78. The molecule has 0 amide bonds. The van der Waals surface area contributed by atoms with Gasteiger partial charge in [-0.2, -0.15) is 0 Å². The average Bonchev–Trinajstić information content (AvgIpc) is 2.56. The molecule has 0 saturated carbocycles. The van der Waals surface area contributed by atoms with E-state index in [9.17, 15) is 4.79 Å². The minimum atomic E-state index is -0.945. The summed E-state index contributed by atoms with van der Waals surface area (Å²) in [5.74, 6) is -0.326. The summed E-state index contributed by atoms with van der Waals surface area (Å²) in [6.07, 6.45) is 0.516. The van der Waals surface area contributed by atoms with Crippen molar-refractivity contribution in [3.63, 3.8) is 0 Å². The fraction of sp³-hybridized carbons (Fsp3) is 0.562. The molecule has 2 rings (SSSR count). The van der Waals surface area contributed by atoms with Crippen LogP contribution in [0, 0.1) is 0 Å². The monoisotopic (exact) mass is 311 g/mol. The van der Waals surface area contributed by atoms with Gasteiger partial charge in [0.05, 0.1) is 18.3 Å². The average molecular weight is 312 g/mol. The molecule has 1 aromatic rings. The number of halogens is 1. The predicted octanol–water partition coefficient (Wildman–Crippen LogP) is 3.64. The van der Waals surface area contributed by atoms with Gasteiger partial charge < -0.3 is 14.8 Å². The third kappa shape index (κ3) is 2.87. The summed E-state index contributed by atoms with van der Waals surface area (Å²) in [4.78, 5) is 12.5. The molecular formula is C16H22ClNO3. The van der Waals surface area contributed by atoms with Gasteiger partial charge in [-0.3, -0.25) is 0 Å². The van der Waals surface area contributed by atoms with E-state index in [1.807, 2.05) is 39.8 Å². The van der Waals surface area contributed by atoms with E-state index in [-0.39, 0.29) is 5.97 Å². The van der Waals surface area contributed by atoms with E-state index < -0.39 is 16.7 Å². The number of anilines is 1. The fourth-order valence-corrected chi connectivity index (χ4v) is 3.31. The number of nitrogens with one attached hydrogen (secondary N) is 1. The van der Waals surface area contributed by atoms with Crippen LogP contribution >= 0.6 is 11.6 Å². The van der Waals surface area contributed by atoms with E-state index in [1.165, 1.54) is 7.11 Å². The van der Waals surface area contributed by atoms with Crippen LogP contribution in [0.1, 0.15) is 34.1 Å². The number of rotatable bonds is 3. The molecule has 1 aliphatic rings. The van der Waals surface area contributed by atoms with Gasteiger partial charge in [0.15, 0.2) is 5.54 Å². The van der Waals surface area contributed by atoms with Crippen LogP contribution < -0.4 is 5.32 Å². The van der Waals surface area contributed by atoms with Gasteiger partial charge in [-0.15, -0.1) is 0 Å². The quantitative estimate of drug-likeness (QED) is 0.866. The Morgan fingerprint density at radius 3 is 2.24 bits per heavy atom. The van der Waals surface area contributed by atoms with Crippen molar-refractivity contribution in [1.82, 2.24) is 0 Å². The molecule has 0 bridgehead atoms. The zero-order chi connectivity index (χ0) is 15.9. The van der Waals surface area contributed by atoms with E-state index in [0.29, 0.717) is 11.4 Å². The first kappa shape index (κ1) is 16.1.